The predicted octanol–water partition coefficient (Wildman–Crippen LogP) is 1.54. The summed E-state index contributed by atoms with van der Waals surface area (Å²) >= 11 is 0. The number of aromatic nitrogens is 1. The molecule has 4 atom stereocenters. The Morgan fingerprint density at radius 2 is 2.35 bits per heavy atom. The van der Waals surface area contributed by atoms with Gasteiger partial charge in [0.05, 0.1) is 6.61 Å². The quantitative estimate of drug-likeness (QED) is 0.874. The number of carbonyl (C=O) groups excluding carboxylic acids is 1. The van der Waals surface area contributed by atoms with Crippen LogP contribution in [0.3, 0.4) is 0 Å². The van der Waals surface area contributed by atoms with Gasteiger partial charge in [0.15, 0.2) is 0 Å². The van der Waals surface area contributed by atoms with E-state index in [4.69, 9.17) is 10.5 Å². The summed E-state index contributed by atoms with van der Waals surface area (Å²) in [7, 11) is 1.65. The van der Waals surface area contributed by atoms with Gasteiger partial charge in [-0.3, -0.25) is 4.79 Å². The average molecular weight is 275 g/mol. The van der Waals surface area contributed by atoms with Crippen molar-refractivity contribution in [2.24, 2.45) is 23.5 Å². The second-order valence-corrected chi connectivity index (χ2v) is 5.96. The fourth-order valence-electron chi connectivity index (χ4n) is 3.52. The fourth-order valence-corrected chi connectivity index (χ4v) is 3.52. The minimum absolute atomic E-state index is 0.0775. The Morgan fingerprint density at radius 3 is 3.05 bits per heavy atom. The van der Waals surface area contributed by atoms with Gasteiger partial charge in [0.25, 0.3) is 0 Å². The molecule has 2 aliphatic rings. The number of hydrogen-bond donors (Lipinski definition) is 2. The van der Waals surface area contributed by atoms with E-state index >= 15 is 0 Å². The minimum atomic E-state index is 0.0775. The number of rotatable bonds is 4. The lowest BCUT2D eigenvalue weighted by Gasteiger charge is -2.37. The molecular weight excluding hydrogens is 254 g/mol. The van der Waals surface area contributed by atoms with Crippen LogP contribution in [0.2, 0.25) is 0 Å². The number of nitrogens with zero attached hydrogens (tertiary/aromatic N) is 1. The molecule has 0 aromatic carbocycles. The van der Waals surface area contributed by atoms with Crippen molar-refractivity contribution in [2.75, 3.05) is 12.4 Å². The van der Waals surface area contributed by atoms with E-state index in [1.165, 1.54) is 0 Å². The summed E-state index contributed by atoms with van der Waals surface area (Å²) in [6, 6.07) is 4.05. The average Bonchev–Trinajstić information content (AvgIpc) is 2.77. The molecule has 1 heterocycles. The third-order valence-corrected chi connectivity index (χ3v) is 4.63. The molecule has 0 radical (unpaired) electrons. The van der Waals surface area contributed by atoms with Crippen LogP contribution in [0.4, 0.5) is 5.82 Å². The van der Waals surface area contributed by atoms with E-state index < -0.39 is 0 Å². The second-order valence-electron chi connectivity index (χ2n) is 5.96. The van der Waals surface area contributed by atoms with Crippen molar-refractivity contribution in [3.63, 3.8) is 0 Å². The van der Waals surface area contributed by atoms with E-state index in [2.05, 4.69) is 10.3 Å². The first kappa shape index (κ1) is 13.5. The minimum Gasteiger partial charge on any atom is -0.380 e. The highest BCUT2D eigenvalue weighted by molar-refractivity contribution is 5.92. The first-order valence-corrected chi connectivity index (χ1v) is 7.17. The van der Waals surface area contributed by atoms with Gasteiger partial charge in [0, 0.05) is 25.3 Å². The molecule has 3 rings (SSSR count). The van der Waals surface area contributed by atoms with Gasteiger partial charge in [-0.1, -0.05) is 0 Å². The van der Waals surface area contributed by atoms with Crippen LogP contribution in [0.25, 0.3) is 0 Å². The summed E-state index contributed by atoms with van der Waals surface area (Å²) in [6.07, 6.45) is 4.67. The molecule has 2 aliphatic carbocycles. The van der Waals surface area contributed by atoms with Gasteiger partial charge < -0.3 is 15.8 Å². The van der Waals surface area contributed by atoms with Crippen LogP contribution >= 0.6 is 0 Å². The Labute approximate surface area is 118 Å². The van der Waals surface area contributed by atoms with Crippen LogP contribution < -0.4 is 11.1 Å². The molecule has 0 bridgehead atoms. The van der Waals surface area contributed by atoms with Crippen LogP contribution in [-0.2, 0) is 16.1 Å². The molecule has 2 fully saturated rings. The SMILES string of the molecule is COCc1ccnc(NC(=O)C2CC3CC(N)C3C2)c1. The zero-order chi connectivity index (χ0) is 14.1. The van der Waals surface area contributed by atoms with Crippen molar-refractivity contribution >= 4 is 11.7 Å². The van der Waals surface area contributed by atoms with E-state index in [1.54, 1.807) is 13.3 Å². The zero-order valence-corrected chi connectivity index (χ0v) is 11.7. The van der Waals surface area contributed by atoms with Gasteiger partial charge >= 0.3 is 0 Å². The monoisotopic (exact) mass is 275 g/mol. The highest BCUT2D eigenvalue weighted by atomic mass is 16.5. The zero-order valence-electron chi connectivity index (χ0n) is 11.7. The molecule has 2 saturated carbocycles. The van der Waals surface area contributed by atoms with Crippen LogP contribution in [-0.4, -0.2) is 24.0 Å². The molecule has 1 amide bonds. The number of methoxy groups -OCH3 is 1. The first-order valence-electron chi connectivity index (χ1n) is 7.17. The van der Waals surface area contributed by atoms with Crippen LogP contribution in [0.5, 0.6) is 0 Å². The summed E-state index contributed by atoms with van der Waals surface area (Å²) in [4.78, 5) is 16.5. The Kier molecular flexibility index (Phi) is 3.72. The Bertz CT molecular complexity index is 506. The molecule has 20 heavy (non-hydrogen) atoms. The van der Waals surface area contributed by atoms with E-state index in [1.807, 2.05) is 12.1 Å². The number of pyridine rings is 1. The molecule has 0 aliphatic heterocycles. The van der Waals surface area contributed by atoms with Crippen molar-refractivity contribution in [2.45, 2.75) is 31.9 Å². The van der Waals surface area contributed by atoms with Gasteiger partial charge in [-0.05, 0) is 48.8 Å². The Balaban J connectivity index is 1.60. The summed E-state index contributed by atoms with van der Waals surface area (Å²) in [5.41, 5.74) is 6.98. The summed E-state index contributed by atoms with van der Waals surface area (Å²) in [5.74, 6) is 1.99. The maximum Gasteiger partial charge on any atom is 0.228 e. The second kappa shape index (κ2) is 5.50. The van der Waals surface area contributed by atoms with E-state index in [-0.39, 0.29) is 11.8 Å². The number of nitrogens with two attached hydrogens (primary N) is 1. The molecule has 1 aromatic rings. The van der Waals surface area contributed by atoms with Gasteiger partial charge in [-0.2, -0.15) is 0 Å². The van der Waals surface area contributed by atoms with E-state index in [0.29, 0.717) is 30.3 Å². The molecule has 0 spiro atoms. The smallest absolute Gasteiger partial charge is 0.228 e. The van der Waals surface area contributed by atoms with Crippen molar-refractivity contribution in [1.29, 1.82) is 0 Å². The van der Waals surface area contributed by atoms with Crippen LogP contribution in [0, 0.1) is 17.8 Å². The van der Waals surface area contributed by atoms with Crippen LogP contribution in [0.15, 0.2) is 18.3 Å². The maximum atomic E-state index is 12.3. The number of carbonyl (C=O) groups is 1. The molecule has 1 aromatic heterocycles. The van der Waals surface area contributed by atoms with Crippen molar-refractivity contribution < 1.29 is 9.53 Å². The lowest BCUT2D eigenvalue weighted by Crippen LogP contribution is -2.44. The molecule has 108 valence electrons. The van der Waals surface area contributed by atoms with Crippen LogP contribution in [0.1, 0.15) is 24.8 Å². The highest BCUT2D eigenvalue weighted by Gasteiger charge is 2.47. The molecule has 0 saturated heterocycles. The van der Waals surface area contributed by atoms with Gasteiger partial charge in [0.1, 0.15) is 5.82 Å². The maximum absolute atomic E-state index is 12.3. The highest BCUT2D eigenvalue weighted by Crippen LogP contribution is 2.48. The van der Waals surface area contributed by atoms with Gasteiger partial charge in [-0.25, -0.2) is 4.98 Å². The lowest BCUT2D eigenvalue weighted by atomic mass is 9.72. The number of nitrogens with one attached hydrogen (secondary N) is 1. The number of hydrogen-bond acceptors (Lipinski definition) is 4. The summed E-state index contributed by atoms with van der Waals surface area (Å²) in [6.45, 7) is 0.522. The Morgan fingerprint density at radius 1 is 1.50 bits per heavy atom. The van der Waals surface area contributed by atoms with Gasteiger partial charge in [-0.15, -0.1) is 0 Å². The fraction of sp³-hybridized carbons (Fsp3) is 0.600. The Hall–Kier alpha value is -1.46. The number of anilines is 1. The van der Waals surface area contributed by atoms with Gasteiger partial charge in [0.2, 0.25) is 5.91 Å². The molecule has 5 nitrogen and oxygen atoms in total. The van der Waals surface area contributed by atoms with Crippen molar-refractivity contribution in [1.82, 2.24) is 4.98 Å². The third-order valence-electron chi connectivity index (χ3n) is 4.63. The summed E-state index contributed by atoms with van der Waals surface area (Å²) < 4.78 is 5.08. The lowest BCUT2D eigenvalue weighted by molar-refractivity contribution is -0.119. The van der Waals surface area contributed by atoms with E-state index in [9.17, 15) is 4.79 Å². The standard InChI is InChI=1S/C15H21N3O2/c1-20-8-9-2-3-17-14(4-9)18-15(19)11-5-10-7-13(16)12(10)6-11/h2-4,10-13H,5-8,16H2,1H3,(H,17,18,19). The largest absolute Gasteiger partial charge is 0.380 e. The molecule has 4 unspecified atom stereocenters. The normalized spacial score (nSPS) is 31.5. The number of fused-ring (bicyclic) bond motifs is 1. The van der Waals surface area contributed by atoms with E-state index in [0.717, 1.165) is 24.8 Å². The first-order chi connectivity index (χ1) is 9.67. The summed E-state index contributed by atoms with van der Waals surface area (Å²) in [5, 5.41) is 2.92. The topological polar surface area (TPSA) is 77.2 Å². The third kappa shape index (κ3) is 2.55. The molecule has 3 N–H and O–H groups in total. The van der Waals surface area contributed by atoms with Crippen molar-refractivity contribution in [3.8, 4) is 0 Å². The number of amides is 1. The predicted molar refractivity (Wildman–Crippen MR) is 75.9 cm³/mol. The number of ether oxygens (including phenoxy) is 1. The molecule has 5 heteroatoms. The molecular formula is C15H21N3O2. The van der Waals surface area contributed by atoms with Crippen molar-refractivity contribution in [3.05, 3.63) is 23.9 Å².